The first-order chi connectivity index (χ1) is 9.67. The number of benzene rings is 1. The van der Waals surface area contributed by atoms with E-state index in [2.05, 4.69) is 5.32 Å². The lowest BCUT2D eigenvalue weighted by Gasteiger charge is -2.31. The van der Waals surface area contributed by atoms with Gasteiger partial charge in [-0.15, -0.1) is 0 Å². The van der Waals surface area contributed by atoms with E-state index in [9.17, 15) is 4.79 Å². The van der Waals surface area contributed by atoms with Crippen LogP contribution in [0.4, 0.5) is 0 Å². The van der Waals surface area contributed by atoms with Crippen LogP contribution in [0.15, 0.2) is 24.3 Å². The van der Waals surface area contributed by atoms with Crippen molar-refractivity contribution in [3.8, 4) is 0 Å². The van der Waals surface area contributed by atoms with Crippen LogP contribution in [0.25, 0.3) is 0 Å². The fourth-order valence-electron chi connectivity index (χ4n) is 2.20. The van der Waals surface area contributed by atoms with Crippen molar-refractivity contribution in [3.05, 3.63) is 35.4 Å². The minimum absolute atomic E-state index is 0.00147. The van der Waals surface area contributed by atoms with Crippen molar-refractivity contribution in [2.75, 3.05) is 32.8 Å². The molecule has 1 aliphatic heterocycles. The quantitative estimate of drug-likeness (QED) is 0.813. The van der Waals surface area contributed by atoms with Crippen LogP contribution < -0.4 is 5.32 Å². The van der Waals surface area contributed by atoms with E-state index < -0.39 is 0 Å². The average molecular weight is 278 g/mol. The highest BCUT2D eigenvalue weighted by Crippen LogP contribution is 2.05. The van der Waals surface area contributed by atoms with Gasteiger partial charge in [-0.3, -0.25) is 9.69 Å². The first kappa shape index (κ1) is 15.0. The number of amides is 1. The molecule has 110 valence electrons. The molecule has 0 bridgehead atoms. The predicted octanol–water partition coefficient (Wildman–Crippen LogP) is 0.304. The molecule has 1 heterocycles. The molecule has 0 aliphatic carbocycles. The van der Waals surface area contributed by atoms with Crippen LogP contribution in [0.1, 0.15) is 11.1 Å². The number of carbonyl (C=O) groups excluding carboxylic acids is 1. The maximum Gasteiger partial charge on any atom is 0.234 e. The average Bonchev–Trinajstić information content (AvgIpc) is 2.47. The third-order valence-corrected chi connectivity index (χ3v) is 3.40. The summed E-state index contributed by atoms with van der Waals surface area (Å²) >= 11 is 0. The molecular formula is C15H22N2O3. The van der Waals surface area contributed by atoms with Gasteiger partial charge >= 0.3 is 0 Å². The lowest BCUT2D eigenvalue weighted by molar-refractivity contribution is -0.125. The normalized spacial score (nSPS) is 19.8. The minimum atomic E-state index is -0.173. The highest BCUT2D eigenvalue weighted by Gasteiger charge is 2.21. The molecule has 0 radical (unpaired) electrons. The van der Waals surface area contributed by atoms with Crippen LogP contribution in [0, 0.1) is 6.92 Å². The van der Waals surface area contributed by atoms with Gasteiger partial charge in [0, 0.05) is 19.6 Å². The number of aryl methyl sites for hydroxylation is 1. The molecule has 2 N–H and O–H groups in total. The van der Waals surface area contributed by atoms with Crippen LogP contribution in [0.2, 0.25) is 0 Å². The molecule has 5 heteroatoms. The van der Waals surface area contributed by atoms with Crippen LogP contribution in [0.5, 0.6) is 0 Å². The summed E-state index contributed by atoms with van der Waals surface area (Å²) in [6.07, 6.45) is -0.173. The zero-order valence-electron chi connectivity index (χ0n) is 11.8. The molecule has 1 saturated heterocycles. The lowest BCUT2D eigenvalue weighted by atomic mass is 10.1. The highest BCUT2D eigenvalue weighted by molar-refractivity contribution is 5.78. The van der Waals surface area contributed by atoms with Crippen molar-refractivity contribution >= 4 is 5.91 Å². The van der Waals surface area contributed by atoms with Gasteiger partial charge in [0.05, 0.1) is 25.9 Å². The summed E-state index contributed by atoms with van der Waals surface area (Å²) in [5, 5.41) is 12.0. The Hall–Kier alpha value is -1.43. The summed E-state index contributed by atoms with van der Waals surface area (Å²) in [7, 11) is 0. The Bertz CT molecular complexity index is 433. The number of nitrogens with zero attached hydrogens (tertiary/aromatic N) is 1. The molecule has 1 aromatic carbocycles. The van der Waals surface area contributed by atoms with E-state index >= 15 is 0 Å². The molecule has 20 heavy (non-hydrogen) atoms. The van der Waals surface area contributed by atoms with Gasteiger partial charge in [0.25, 0.3) is 0 Å². The standard InChI is InChI=1S/C15H22N2O3/c1-12-2-4-13(5-3-12)8-16-15(19)10-17-6-7-20-14(9-17)11-18/h2-5,14,18H,6-11H2,1H3,(H,16,19). The van der Waals surface area contributed by atoms with E-state index in [0.29, 0.717) is 26.2 Å². The van der Waals surface area contributed by atoms with Crippen molar-refractivity contribution in [1.29, 1.82) is 0 Å². The van der Waals surface area contributed by atoms with Gasteiger partial charge in [0.1, 0.15) is 0 Å². The highest BCUT2D eigenvalue weighted by atomic mass is 16.5. The number of hydrogen-bond acceptors (Lipinski definition) is 4. The molecule has 5 nitrogen and oxygen atoms in total. The second kappa shape index (κ2) is 7.38. The van der Waals surface area contributed by atoms with Gasteiger partial charge < -0.3 is 15.2 Å². The van der Waals surface area contributed by atoms with Gasteiger partial charge in [0.2, 0.25) is 5.91 Å². The SMILES string of the molecule is Cc1ccc(CNC(=O)CN2CCOC(CO)C2)cc1. The summed E-state index contributed by atoms with van der Waals surface area (Å²) < 4.78 is 5.36. The number of ether oxygens (including phenoxy) is 1. The zero-order valence-corrected chi connectivity index (χ0v) is 11.8. The third-order valence-electron chi connectivity index (χ3n) is 3.40. The second-order valence-corrected chi connectivity index (χ2v) is 5.17. The Balaban J connectivity index is 1.73. The van der Waals surface area contributed by atoms with E-state index in [1.54, 1.807) is 0 Å². The van der Waals surface area contributed by atoms with Gasteiger partial charge in [0.15, 0.2) is 0 Å². The lowest BCUT2D eigenvalue weighted by Crippen LogP contribution is -2.47. The van der Waals surface area contributed by atoms with Crippen molar-refractivity contribution in [2.45, 2.75) is 19.6 Å². The van der Waals surface area contributed by atoms with E-state index in [1.165, 1.54) is 5.56 Å². The molecule has 0 spiro atoms. The van der Waals surface area contributed by atoms with E-state index in [-0.39, 0.29) is 18.6 Å². The van der Waals surface area contributed by atoms with E-state index in [4.69, 9.17) is 9.84 Å². The maximum absolute atomic E-state index is 11.9. The van der Waals surface area contributed by atoms with E-state index in [1.807, 2.05) is 36.1 Å². The molecule has 1 atom stereocenters. The number of aliphatic hydroxyl groups excluding tert-OH is 1. The van der Waals surface area contributed by atoms with Gasteiger partial charge in [-0.05, 0) is 12.5 Å². The smallest absolute Gasteiger partial charge is 0.234 e. The first-order valence-electron chi connectivity index (χ1n) is 6.94. The Kier molecular flexibility index (Phi) is 5.52. The molecule has 1 aliphatic rings. The number of hydrogen-bond donors (Lipinski definition) is 2. The summed E-state index contributed by atoms with van der Waals surface area (Å²) in [4.78, 5) is 13.9. The molecule has 0 saturated carbocycles. The Morgan fingerprint density at radius 3 is 2.90 bits per heavy atom. The van der Waals surface area contributed by atoms with Crippen molar-refractivity contribution in [2.24, 2.45) is 0 Å². The fraction of sp³-hybridized carbons (Fsp3) is 0.533. The summed E-state index contributed by atoms with van der Waals surface area (Å²) in [5.74, 6) is 0.00386. The number of carbonyl (C=O) groups is 1. The first-order valence-corrected chi connectivity index (χ1v) is 6.94. The fourth-order valence-corrected chi connectivity index (χ4v) is 2.20. The largest absolute Gasteiger partial charge is 0.394 e. The monoisotopic (exact) mass is 278 g/mol. The predicted molar refractivity (Wildman–Crippen MR) is 76.3 cm³/mol. The number of rotatable bonds is 5. The third kappa shape index (κ3) is 4.59. The second-order valence-electron chi connectivity index (χ2n) is 5.17. The van der Waals surface area contributed by atoms with Gasteiger partial charge in [-0.1, -0.05) is 29.8 Å². The molecular weight excluding hydrogens is 256 g/mol. The van der Waals surface area contributed by atoms with Gasteiger partial charge in [-0.25, -0.2) is 0 Å². The molecule has 1 aromatic rings. The number of morpholine rings is 1. The molecule has 0 aromatic heterocycles. The Labute approximate surface area is 119 Å². The molecule has 1 fully saturated rings. The van der Waals surface area contributed by atoms with E-state index in [0.717, 1.165) is 12.1 Å². The summed E-state index contributed by atoms with van der Waals surface area (Å²) in [6, 6.07) is 8.11. The molecule has 2 rings (SSSR count). The summed E-state index contributed by atoms with van der Waals surface area (Å²) in [6.45, 7) is 4.85. The maximum atomic E-state index is 11.9. The zero-order chi connectivity index (χ0) is 14.4. The van der Waals surface area contributed by atoms with Crippen LogP contribution in [-0.4, -0.2) is 54.9 Å². The summed E-state index contributed by atoms with van der Waals surface area (Å²) in [5.41, 5.74) is 2.31. The van der Waals surface area contributed by atoms with Gasteiger partial charge in [-0.2, -0.15) is 0 Å². The number of nitrogens with one attached hydrogen (secondary N) is 1. The van der Waals surface area contributed by atoms with Crippen molar-refractivity contribution in [1.82, 2.24) is 10.2 Å². The topological polar surface area (TPSA) is 61.8 Å². The van der Waals surface area contributed by atoms with Crippen LogP contribution in [-0.2, 0) is 16.1 Å². The Morgan fingerprint density at radius 1 is 1.45 bits per heavy atom. The van der Waals surface area contributed by atoms with Crippen LogP contribution >= 0.6 is 0 Å². The molecule has 1 unspecified atom stereocenters. The van der Waals surface area contributed by atoms with Crippen molar-refractivity contribution in [3.63, 3.8) is 0 Å². The van der Waals surface area contributed by atoms with Crippen LogP contribution in [0.3, 0.4) is 0 Å². The molecule has 1 amide bonds. The number of aliphatic hydroxyl groups is 1. The minimum Gasteiger partial charge on any atom is -0.394 e. The Morgan fingerprint density at radius 2 is 2.20 bits per heavy atom. The van der Waals surface area contributed by atoms with Crippen molar-refractivity contribution < 1.29 is 14.6 Å².